The highest BCUT2D eigenvalue weighted by atomic mass is 14.9. The van der Waals surface area contributed by atoms with Gasteiger partial charge < -0.3 is 9.72 Å². The Morgan fingerprint density at radius 1 is 1.27 bits per heavy atom. The summed E-state index contributed by atoms with van der Waals surface area (Å²) in [6, 6.07) is 11.3. The lowest BCUT2D eigenvalue weighted by Crippen LogP contribution is -2.27. The van der Waals surface area contributed by atoms with Crippen molar-refractivity contribution in [2.75, 3.05) is 7.05 Å². The molecule has 0 aromatic carbocycles. The topological polar surface area (TPSA) is 16.4 Å². The molecule has 0 radical (unpaired) electrons. The summed E-state index contributed by atoms with van der Waals surface area (Å²) in [4.78, 5) is 0. The highest BCUT2D eigenvalue weighted by molar-refractivity contribution is 5.49. The molecule has 1 unspecified atom stereocenters. The maximum absolute atomic E-state index is 3.34. The second kappa shape index (κ2) is 4.49. The van der Waals surface area contributed by atoms with Crippen molar-refractivity contribution in [3.63, 3.8) is 0 Å². The second-order valence-corrected chi connectivity index (χ2v) is 3.92. The summed E-state index contributed by atoms with van der Waals surface area (Å²) in [6.07, 6.45) is 4.38. The van der Waals surface area contributed by atoms with Crippen molar-refractivity contribution >= 4 is 5.52 Å². The SMILES string of the molecule is CCC(Cc1ccc2ccccn12)NC. The lowest BCUT2D eigenvalue weighted by Gasteiger charge is -2.13. The molecule has 80 valence electrons. The molecule has 2 heterocycles. The van der Waals surface area contributed by atoms with Crippen molar-refractivity contribution in [1.82, 2.24) is 9.72 Å². The predicted octanol–water partition coefficient (Wildman–Crippen LogP) is 2.48. The summed E-state index contributed by atoms with van der Waals surface area (Å²) in [5.41, 5.74) is 2.66. The molecule has 0 aliphatic heterocycles. The zero-order chi connectivity index (χ0) is 10.7. The van der Waals surface area contributed by atoms with Gasteiger partial charge in [0.2, 0.25) is 0 Å². The van der Waals surface area contributed by atoms with Crippen LogP contribution in [0, 0.1) is 0 Å². The van der Waals surface area contributed by atoms with Gasteiger partial charge in [-0.15, -0.1) is 0 Å². The Morgan fingerprint density at radius 2 is 2.13 bits per heavy atom. The van der Waals surface area contributed by atoms with Crippen LogP contribution in [0.25, 0.3) is 5.52 Å². The molecular formula is C13H18N2. The van der Waals surface area contributed by atoms with E-state index < -0.39 is 0 Å². The van der Waals surface area contributed by atoms with Gasteiger partial charge in [-0.2, -0.15) is 0 Å². The maximum Gasteiger partial charge on any atom is 0.0452 e. The van der Waals surface area contributed by atoms with Gasteiger partial charge in [-0.3, -0.25) is 0 Å². The van der Waals surface area contributed by atoms with Crippen molar-refractivity contribution in [3.8, 4) is 0 Å². The Morgan fingerprint density at radius 3 is 2.87 bits per heavy atom. The molecule has 2 heteroatoms. The number of nitrogens with zero attached hydrogens (tertiary/aromatic N) is 1. The van der Waals surface area contributed by atoms with Crippen molar-refractivity contribution in [3.05, 3.63) is 42.2 Å². The fraction of sp³-hybridized carbons (Fsp3) is 0.385. The molecule has 0 aliphatic rings. The Bertz CT molecular complexity index is 427. The molecule has 0 saturated carbocycles. The number of hydrogen-bond donors (Lipinski definition) is 1. The summed E-state index contributed by atoms with van der Waals surface area (Å²) in [6.45, 7) is 2.22. The average Bonchev–Trinajstić information content (AvgIpc) is 2.69. The van der Waals surface area contributed by atoms with E-state index in [0.29, 0.717) is 6.04 Å². The normalized spacial score (nSPS) is 13.2. The number of hydrogen-bond acceptors (Lipinski definition) is 1. The number of pyridine rings is 1. The number of nitrogens with one attached hydrogen (secondary N) is 1. The first kappa shape index (κ1) is 10.2. The van der Waals surface area contributed by atoms with Crippen LogP contribution in [0.5, 0.6) is 0 Å². The van der Waals surface area contributed by atoms with E-state index in [2.05, 4.69) is 53.2 Å². The van der Waals surface area contributed by atoms with Gasteiger partial charge in [-0.1, -0.05) is 13.0 Å². The quantitative estimate of drug-likeness (QED) is 0.805. The molecule has 0 amide bonds. The first-order valence-corrected chi connectivity index (χ1v) is 5.57. The Kier molecular flexibility index (Phi) is 3.07. The van der Waals surface area contributed by atoms with Crippen LogP contribution in [0.15, 0.2) is 36.5 Å². The smallest absolute Gasteiger partial charge is 0.0452 e. The fourth-order valence-corrected chi connectivity index (χ4v) is 1.98. The van der Waals surface area contributed by atoms with Crippen LogP contribution in [-0.2, 0) is 6.42 Å². The Labute approximate surface area is 90.9 Å². The molecule has 1 atom stereocenters. The van der Waals surface area contributed by atoms with E-state index >= 15 is 0 Å². The standard InChI is InChI=1S/C13H18N2/c1-3-11(14-2)10-13-8-7-12-6-4-5-9-15(12)13/h4-9,11,14H,3,10H2,1-2H3. The average molecular weight is 202 g/mol. The van der Waals surface area contributed by atoms with Gasteiger partial charge in [0, 0.05) is 29.9 Å². The molecule has 2 aromatic rings. The third-order valence-corrected chi connectivity index (χ3v) is 3.00. The molecule has 2 aromatic heterocycles. The van der Waals surface area contributed by atoms with Crippen LogP contribution in [0.2, 0.25) is 0 Å². The highest BCUT2D eigenvalue weighted by Gasteiger charge is 2.07. The minimum Gasteiger partial charge on any atom is -0.321 e. The van der Waals surface area contributed by atoms with Crippen LogP contribution >= 0.6 is 0 Å². The van der Waals surface area contributed by atoms with Gasteiger partial charge in [-0.25, -0.2) is 0 Å². The highest BCUT2D eigenvalue weighted by Crippen LogP contribution is 2.12. The lowest BCUT2D eigenvalue weighted by atomic mass is 10.1. The summed E-state index contributed by atoms with van der Waals surface area (Å²) in [7, 11) is 2.03. The van der Waals surface area contributed by atoms with Gasteiger partial charge in [0.25, 0.3) is 0 Å². The van der Waals surface area contributed by atoms with Gasteiger partial charge in [0.05, 0.1) is 0 Å². The number of aromatic nitrogens is 1. The first-order valence-electron chi connectivity index (χ1n) is 5.57. The van der Waals surface area contributed by atoms with Crippen molar-refractivity contribution in [2.24, 2.45) is 0 Å². The van der Waals surface area contributed by atoms with Crippen LogP contribution in [-0.4, -0.2) is 17.5 Å². The molecule has 0 bridgehead atoms. The van der Waals surface area contributed by atoms with Crippen molar-refractivity contribution in [1.29, 1.82) is 0 Å². The van der Waals surface area contributed by atoms with Gasteiger partial charge >= 0.3 is 0 Å². The molecule has 0 fully saturated rings. The number of rotatable bonds is 4. The number of likely N-dealkylation sites (N-methyl/N-ethyl adjacent to an activating group) is 1. The van der Waals surface area contributed by atoms with Gasteiger partial charge in [0.15, 0.2) is 0 Å². The fourth-order valence-electron chi connectivity index (χ4n) is 1.98. The molecular weight excluding hydrogens is 184 g/mol. The minimum atomic E-state index is 0.573. The Balaban J connectivity index is 2.28. The zero-order valence-electron chi connectivity index (χ0n) is 9.40. The van der Waals surface area contributed by atoms with E-state index in [0.717, 1.165) is 12.8 Å². The van der Waals surface area contributed by atoms with E-state index in [-0.39, 0.29) is 0 Å². The maximum atomic E-state index is 3.34. The minimum absolute atomic E-state index is 0.573. The van der Waals surface area contributed by atoms with Crippen LogP contribution in [0.3, 0.4) is 0 Å². The summed E-state index contributed by atoms with van der Waals surface area (Å²) in [5, 5.41) is 3.34. The van der Waals surface area contributed by atoms with E-state index in [9.17, 15) is 0 Å². The lowest BCUT2D eigenvalue weighted by molar-refractivity contribution is 0.536. The monoisotopic (exact) mass is 202 g/mol. The summed E-state index contributed by atoms with van der Waals surface area (Å²) in [5.74, 6) is 0. The van der Waals surface area contributed by atoms with E-state index in [1.165, 1.54) is 11.2 Å². The Hall–Kier alpha value is -1.28. The van der Waals surface area contributed by atoms with Crippen LogP contribution < -0.4 is 5.32 Å². The largest absolute Gasteiger partial charge is 0.321 e. The van der Waals surface area contributed by atoms with Gasteiger partial charge in [0.1, 0.15) is 0 Å². The molecule has 0 saturated heterocycles. The summed E-state index contributed by atoms with van der Waals surface area (Å²) < 4.78 is 2.26. The second-order valence-electron chi connectivity index (χ2n) is 3.92. The predicted molar refractivity (Wildman–Crippen MR) is 64.2 cm³/mol. The first-order chi connectivity index (χ1) is 7.35. The van der Waals surface area contributed by atoms with Crippen molar-refractivity contribution < 1.29 is 0 Å². The van der Waals surface area contributed by atoms with Gasteiger partial charge in [-0.05, 0) is 37.7 Å². The molecule has 1 N–H and O–H groups in total. The van der Waals surface area contributed by atoms with Crippen LogP contribution in [0.4, 0.5) is 0 Å². The zero-order valence-corrected chi connectivity index (χ0v) is 9.40. The third kappa shape index (κ3) is 2.05. The van der Waals surface area contributed by atoms with E-state index in [4.69, 9.17) is 0 Å². The van der Waals surface area contributed by atoms with E-state index in [1.807, 2.05) is 7.05 Å². The molecule has 2 nitrogen and oxygen atoms in total. The molecule has 2 rings (SSSR count). The molecule has 0 aliphatic carbocycles. The summed E-state index contributed by atoms with van der Waals surface area (Å²) >= 11 is 0. The van der Waals surface area contributed by atoms with Crippen molar-refractivity contribution in [2.45, 2.75) is 25.8 Å². The third-order valence-electron chi connectivity index (χ3n) is 3.00. The van der Waals surface area contributed by atoms with Crippen LogP contribution in [0.1, 0.15) is 19.0 Å². The number of fused-ring (bicyclic) bond motifs is 1. The van der Waals surface area contributed by atoms with E-state index in [1.54, 1.807) is 0 Å². The molecule has 0 spiro atoms. The molecule has 15 heavy (non-hydrogen) atoms.